The minimum atomic E-state index is -2.11. The molecule has 6 atom stereocenters. The summed E-state index contributed by atoms with van der Waals surface area (Å²) in [7, 11) is 0. The number of hydrogen-bond donors (Lipinski definition) is 2. The Morgan fingerprint density at radius 1 is 1.48 bits per heavy atom. The van der Waals surface area contributed by atoms with Crippen LogP contribution in [0.25, 0.3) is 0 Å². The van der Waals surface area contributed by atoms with E-state index in [0.717, 1.165) is 6.92 Å². The van der Waals surface area contributed by atoms with Gasteiger partial charge in [0.15, 0.2) is 11.2 Å². The van der Waals surface area contributed by atoms with Crippen molar-refractivity contribution in [2.45, 2.75) is 57.0 Å². The first-order chi connectivity index (χ1) is 12.5. The molecule has 2 N–H and O–H groups in total. The molecule has 0 radical (unpaired) electrons. The minimum Gasteiger partial charge on any atom is -0.483 e. The number of ketones is 1. The molecule has 0 aromatic heterocycles. The van der Waals surface area contributed by atoms with Crippen LogP contribution in [0, 0.1) is 11.8 Å². The molecule has 0 aromatic rings. The number of carbonyl (C=O) groups is 3. The van der Waals surface area contributed by atoms with Crippen LogP contribution in [0.1, 0.15) is 33.6 Å². The Morgan fingerprint density at radius 3 is 2.78 bits per heavy atom. The molecule has 0 aromatic carbocycles. The van der Waals surface area contributed by atoms with Gasteiger partial charge in [-0.1, -0.05) is 13.5 Å². The summed E-state index contributed by atoms with van der Waals surface area (Å²) in [6.45, 7) is 7.51. The molecular formula is C19H24O8. The first kappa shape index (κ1) is 19.6. The Morgan fingerprint density at radius 2 is 2.15 bits per heavy atom. The zero-order valence-electron chi connectivity index (χ0n) is 15.6. The summed E-state index contributed by atoms with van der Waals surface area (Å²) in [4.78, 5) is 37.0. The predicted molar refractivity (Wildman–Crippen MR) is 91.1 cm³/mol. The van der Waals surface area contributed by atoms with E-state index in [4.69, 9.17) is 14.2 Å². The SMILES string of the molecule is C=C1C(=O)O[C@@H]2C[C@H](C)C3=CC(=O)[C@@](C)(C[C@H](OC(=O)[C@](C)(O)CO)[C@@H]12)O3. The number of esters is 2. The summed E-state index contributed by atoms with van der Waals surface area (Å²) in [6.07, 6.45) is 0.169. The van der Waals surface area contributed by atoms with Crippen molar-refractivity contribution in [3.05, 3.63) is 24.0 Å². The lowest BCUT2D eigenvalue weighted by Gasteiger charge is -2.33. The molecule has 8 nitrogen and oxygen atoms in total. The van der Waals surface area contributed by atoms with Crippen LogP contribution >= 0.6 is 0 Å². The number of aliphatic hydroxyl groups is 2. The molecule has 0 aliphatic carbocycles. The average molecular weight is 380 g/mol. The lowest BCUT2D eigenvalue weighted by atomic mass is 9.80. The van der Waals surface area contributed by atoms with Gasteiger partial charge in [-0.2, -0.15) is 0 Å². The maximum Gasteiger partial charge on any atom is 0.340 e. The number of carbonyl (C=O) groups excluding carboxylic acids is 3. The van der Waals surface area contributed by atoms with Gasteiger partial charge in [-0.15, -0.1) is 0 Å². The number of aliphatic hydroxyl groups excluding tert-OH is 1. The van der Waals surface area contributed by atoms with Gasteiger partial charge in [0.05, 0.1) is 12.5 Å². The van der Waals surface area contributed by atoms with E-state index in [1.54, 1.807) is 6.92 Å². The normalized spacial score (nSPS) is 37.8. The number of rotatable bonds is 3. The lowest BCUT2D eigenvalue weighted by Crippen LogP contribution is -2.47. The van der Waals surface area contributed by atoms with Crippen LogP contribution in [0.2, 0.25) is 0 Å². The van der Waals surface area contributed by atoms with Crippen LogP contribution in [0.5, 0.6) is 0 Å². The van der Waals surface area contributed by atoms with Gasteiger partial charge in [0, 0.05) is 24.0 Å². The van der Waals surface area contributed by atoms with E-state index < -0.39 is 47.9 Å². The molecule has 0 unspecified atom stereocenters. The van der Waals surface area contributed by atoms with Gasteiger partial charge >= 0.3 is 11.9 Å². The van der Waals surface area contributed by atoms with Crippen molar-refractivity contribution in [2.24, 2.45) is 11.8 Å². The average Bonchev–Trinajstić information content (AvgIpc) is 3.04. The smallest absolute Gasteiger partial charge is 0.340 e. The quantitative estimate of drug-likeness (QED) is 0.534. The minimum absolute atomic E-state index is 0.0391. The van der Waals surface area contributed by atoms with E-state index in [1.165, 1.54) is 6.08 Å². The maximum atomic E-state index is 12.5. The number of ether oxygens (including phenoxy) is 3. The van der Waals surface area contributed by atoms with E-state index in [9.17, 15) is 24.6 Å². The molecule has 8 heteroatoms. The summed E-state index contributed by atoms with van der Waals surface area (Å²) < 4.78 is 16.8. The highest BCUT2D eigenvalue weighted by atomic mass is 16.6. The highest BCUT2D eigenvalue weighted by Crippen LogP contribution is 2.44. The Kier molecular flexibility index (Phi) is 4.68. The van der Waals surface area contributed by atoms with Crippen molar-refractivity contribution >= 4 is 17.7 Å². The second kappa shape index (κ2) is 6.45. The first-order valence-corrected chi connectivity index (χ1v) is 8.87. The van der Waals surface area contributed by atoms with E-state index in [1.807, 2.05) is 6.92 Å². The largest absolute Gasteiger partial charge is 0.483 e. The molecule has 2 bridgehead atoms. The third kappa shape index (κ3) is 3.27. The summed E-state index contributed by atoms with van der Waals surface area (Å²) in [6, 6.07) is 0. The van der Waals surface area contributed by atoms with Gasteiger partial charge < -0.3 is 24.4 Å². The van der Waals surface area contributed by atoms with Gasteiger partial charge in [-0.25, -0.2) is 9.59 Å². The van der Waals surface area contributed by atoms with Gasteiger partial charge in [-0.05, 0) is 20.3 Å². The molecule has 148 valence electrons. The number of fused-ring (bicyclic) bond motifs is 3. The molecule has 3 rings (SSSR count). The van der Waals surface area contributed by atoms with Gasteiger partial charge in [0.1, 0.15) is 18.0 Å². The molecular weight excluding hydrogens is 356 g/mol. The highest BCUT2D eigenvalue weighted by molar-refractivity contribution is 5.99. The van der Waals surface area contributed by atoms with Crippen molar-refractivity contribution in [2.75, 3.05) is 6.61 Å². The second-order valence-corrected chi connectivity index (χ2v) is 7.96. The summed E-state index contributed by atoms with van der Waals surface area (Å²) in [5.74, 6) is -2.25. The van der Waals surface area contributed by atoms with Crippen molar-refractivity contribution < 1.29 is 38.8 Å². The zero-order chi connectivity index (χ0) is 20.1. The van der Waals surface area contributed by atoms with Crippen molar-refractivity contribution in [1.29, 1.82) is 0 Å². The lowest BCUT2D eigenvalue weighted by molar-refractivity contribution is -0.179. The Balaban J connectivity index is 1.99. The fourth-order valence-corrected chi connectivity index (χ4v) is 3.73. The van der Waals surface area contributed by atoms with Crippen molar-refractivity contribution in [1.82, 2.24) is 0 Å². The summed E-state index contributed by atoms with van der Waals surface area (Å²) >= 11 is 0. The molecule has 0 saturated carbocycles. The van der Waals surface area contributed by atoms with E-state index in [-0.39, 0.29) is 23.7 Å². The first-order valence-electron chi connectivity index (χ1n) is 8.87. The molecule has 3 aliphatic heterocycles. The molecule has 0 spiro atoms. The third-order valence-electron chi connectivity index (χ3n) is 5.53. The van der Waals surface area contributed by atoms with Gasteiger partial charge in [-0.3, -0.25) is 4.79 Å². The topological polar surface area (TPSA) is 119 Å². The standard InChI is InChI=1S/C19H24O8/c1-9-5-12-15(10(2)16(22)25-12)13(26-17(23)18(3,24)8-20)7-19(4)14(21)6-11(9)27-19/h6,9,12-13,15,20,24H,2,5,7-8H2,1,3-4H3/t9-,12+,13-,15-,18+,19+/m0/s1. The Labute approximate surface area is 156 Å². The van der Waals surface area contributed by atoms with Gasteiger partial charge in [0.25, 0.3) is 0 Å². The third-order valence-corrected chi connectivity index (χ3v) is 5.53. The fourth-order valence-electron chi connectivity index (χ4n) is 3.73. The van der Waals surface area contributed by atoms with Gasteiger partial charge in [0.2, 0.25) is 5.78 Å². The van der Waals surface area contributed by atoms with Crippen LogP contribution in [-0.4, -0.2) is 58.0 Å². The zero-order valence-corrected chi connectivity index (χ0v) is 15.6. The summed E-state index contributed by atoms with van der Waals surface area (Å²) in [5.41, 5.74) is -3.23. The Bertz CT molecular complexity index is 736. The number of allylic oxidation sites excluding steroid dienone is 1. The summed E-state index contributed by atoms with van der Waals surface area (Å²) in [5, 5.41) is 19.2. The van der Waals surface area contributed by atoms with Crippen molar-refractivity contribution in [3.63, 3.8) is 0 Å². The maximum absolute atomic E-state index is 12.5. The van der Waals surface area contributed by atoms with E-state index in [0.29, 0.717) is 12.2 Å². The van der Waals surface area contributed by atoms with E-state index >= 15 is 0 Å². The fraction of sp³-hybridized carbons (Fsp3) is 0.632. The van der Waals surface area contributed by atoms with Crippen LogP contribution < -0.4 is 0 Å². The molecule has 0 amide bonds. The predicted octanol–water partition coefficient (Wildman–Crippen LogP) is 0.411. The van der Waals surface area contributed by atoms with Crippen LogP contribution in [0.3, 0.4) is 0 Å². The van der Waals surface area contributed by atoms with Crippen molar-refractivity contribution in [3.8, 4) is 0 Å². The molecule has 27 heavy (non-hydrogen) atoms. The monoisotopic (exact) mass is 380 g/mol. The highest BCUT2D eigenvalue weighted by Gasteiger charge is 2.54. The van der Waals surface area contributed by atoms with Crippen LogP contribution in [0.4, 0.5) is 0 Å². The molecule has 3 heterocycles. The molecule has 3 aliphatic rings. The number of hydrogen-bond acceptors (Lipinski definition) is 8. The molecule has 2 saturated heterocycles. The second-order valence-electron chi connectivity index (χ2n) is 7.96. The van der Waals surface area contributed by atoms with Crippen LogP contribution in [0.15, 0.2) is 24.0 Å². The molecule has 2 fully saturated rings. The Hall–Kier alpha value is -2.19. The van der Waals surface area contributed by atoms with Crippen LogP contribution in [-0.2, 0) is 28.6 Å². The van der Waals surface area contributed by atoms with E-state index in [2.05, 4.69) is 6.58 Å².